The predicted octanol–water partition coefficient (Wildman–Crippen LogP) is 3.47. The van der Waals surface area contributed by atoms with E-state index in [0.29, 0.717) is 6.61 Å². The molecule has 2 atom stereocenters. The molecule has 0 saturated heterocycles. The molecule has 0 radical (unpaired) electrons. The number of hydrogen-bond donors (Lipinski definition) is 1. The molecule has 0 fully saturated rings. The van der Waals surface area contributed by atoms with E-state index in [1.54, 1.807) is 11.3 Å². The first kappa shape index (κ1) is 14.4. The lowest BCUT2D eigenvalue weighted by Crippen LogP contribution is -2.29. The van der Waals surface area contributed by atoms with Crippen LogP contribution in [0.25, 0.3) is 0 Å². The first-order chi connectivity index (χ1) is 10.3. The Balaban J connectivity index is 1.69. The number of fused-ring (bicyclic) bond motifs is 1. The molecule has 0 saturated carbocycles. The quantitative estimate of drug-likeness (QED) is 0.888. The molecule has 21 heavy (non-hydrogen) atoms. The van der Waals surface area contributed by atoms with E-state index < -0.39 is 0 Å². The van der Waals surface area contributed by atoms with Crippen molar-refractivity contribution in [1.29, 1.82) is 0 Å². The minimum Gasteiger partial charge on any atom is -0.454 e. The topological polar surface area (TPSA) is 53.7 Å². The van der Waals surface area contributed by atoms with E-state index in [-0.39, 0.29) is 18.9 Å². The summed E-state index contributed by atoms with van der Waals surface area (Å²) in [4.78, 5) is 1.17. The van der Waals surface area contributed by atoms with Crippen molar-refractivity contribution in [3.05, 3.63) is 46.2 Å². The van der Waals surface area contributed by atoms with Crippen molar-refractivity contribution in [3.63, 3.8) is 0 Å². The molecule has 1 aromatic carbocycles. The summed E-state index contributed by atoms with van der Waals surface area (Å²) in [7, 11) is 0. The van der Waals surface area contributed by atoms with Crippen LogP contribution in [0.5, 0.6) is 11.5 Å². The van der Waals surface area contributed by atoms with Crippen molar-refractivity contribution in [3.8, 4) is 11.5 Å². The van der Waals surface area contributed by atoms with Crippen molar-refractivity contribution in [2.24, 2.45) is 5.73 Å². The van der Waals surface area contributed by atoms with Gasteiger partial charge in [0, 0.05) is 10.9 Å². The van der Waals surface area contributed by atoms with Gasteiger partial charge < -0.3 is 19.9 Å². The second-order valence-electron chi connectivity index (χ2n) is 5.01. The molecule has 5 heteroatoms. The van der Waals surface area contributed by atoms with Gasteiger partial charge in [0.25, 0.3) is 0 Å². The molecule has 2 unspecified atom stereocenters. The van der Waals surface area contributed by atoms with Crippen LogP contribution in [0.1, 0.15) is 29.9 Å². The molecule has 2 heterocycles. The van der Waals surface area contributed by atoms with Crippen LogP contribution in [0.2, 0.25) is 0 Å². The Labute approximate surface area is 128 Å². The third-order valence-corrected chi connectivity index (χ3v) is 4.48. The van der Waals surface area contributed by atoms with Crippen LogP contribution in [0.3, 0.4) is 0 Å². The maximum absolute atomic E-state index is 6.20. The van der Waals surface area contributed by atoms with Gasteiger partial charge in [0.1, 0.15) is 6.10 Å². The lowest BCUT2D eigenvalue weighted by molar-refractivity contribution is 0.0235. The maximum atomic E-state index is 6.20. The number of nitrogens with two attached hydrogens (primary N) is 1. The number of rotatable bonds is 6. The van der Waals surface area contributed by atoms with Gasteiger partial charge in [-0.15, -0.1) is 11.3 Å². The largest absolute Gasteiger partial charge is 0.454 e. The van der Waals surface area contributed by atoms with Crippen LogP contribution < -0.4 is 15.2 Å². The lowest BCUT2D eigenvalue weighted by Gasteiger charge is -2.22. The summed E-state index contributed by atoms with van der Waals surface area (Å²) in [5.41, 5.74) is 7.26. The van der Waals surface area contributed by atoms with Crippen LogP contribution in [0.15, 0.2) is 35.7 Å². The Morgan fingerprint density at radius 2 is 2.14 bits per heavy atom. The van der Waals surface area contributed by atoms with E-state index in [1.807, 2.05) is 24.3 Å². The van der Waals surface area contributed by atoms with E-state index in [9.17, 15) is 0 Å². The van der Waals surface area contributed by atoms with Crippen molar-refractivity contribution in [2.45, 2.75) is 32.1 Å². The van der Waals surface area contributed by atoms with Crippen molar-refractivity contribution < 1.29 is 14.2 Å². The lowest BCUT2D eigenvalue weighted by atomic mass is 10.1. The molecule has 2 aromatic rings. The fraction of sp³-hybridized carbons (Fsp3) is 0.375. The molecule has 1 aromatic heterocycles. The highest BCUT2D eigenvalue weighted by Gasteiger charge is 2.21. The summed E-state index contributed by atoms with van der Waals surface area (Å²) >= 11 is 1.68. The Bertz CT molecular complexity index is 585. The van der Waals surface area contributed by atoms with Crippen LogP contribution >= 0.6 is 11.3 Å². The smallest absolute Gasteiger partial charge is 0.231 e. The van der Waals surface area contributed by atoms with Crippen molar-refractivity contribution >= 4 is 11.3 Å². The number of ether oxygens (including phenoxy) is 3. The number of hydrogen-bond acceptors (Lipinski definition) is 5. The fourth-order valence-electron chi connectivity index (χ4n) is 2.30. The SMILES string of the molecule is CCC(N)C(OCc1ccc2c(c1)OCO2)c1cccs1. The summed E-state index contributed by atoms with van der Waals surface area (Å²) in [6.45, 7) is 2.88. The highest BCUT2D eigenvalue weighted by molar-refractivity contribution is 7.10. The molecular weight excluding hydrogens is 286 g/mol. The van der Waals surface area contributed by atoms with Crippen LogP contribution in [0, 0.1) is 0 Å². The van der Waals surface area contributed by atoms with Crippen LogP contribution in [0.4, 0.5) is 0 Å². The first-order valence-electron chi connectivity index (χ1n) is 7.07. The highest BCUT2D eigenvalue weighted by Crippen LogP contribution is 2.33. The standard InChI is InChI=1S/C16H19NO3S/c1-2-12(17)16(15-4-3-7-21-15)18-9-11-5-6-13-14(8-11)20-10-19-13/h3-8,12,16H,2,9-10,17H2,1H3. The van der Waals surface area contributed by atoms with Gasteiger partial charge in [0.15, 0.2) is 11.5 Å². The zero-order valence-corrected chi connectivity index (χ0v) is 12.8. The van der Waals surface area contributed by atoms with Gasteiger partial charge >= 0.3 is 0 Å². The van der Waals surface area contributed by atoms with E-state index >= 15 is 0 Å². The van der Waals surface area contributed by atoms with E-state index in [2.05, 4.69) is 18.4 Å². The molecule has 4 nitrogen and oxygen atoms in total. The molecule has 1 aliphatic heterocycles. The third-order valence-electron chi connectivity index (χ3n) is 3.55. The van der Waals surface area contributed by atoms with Gasteiger partial charge in [-0.2, -0.15) is 0 Å². The summed E-state index contributed by atoms with van der Waals surface area (Å²) in [5.74, 6) is 1.57. The predicted molar refractivity (Wildman–Crippen MR) is 82.7 cm³/mol. The molecule has 3 rings (SSSR count). The highest BCUT2D eigenvalue weighted by atomic mass is 32.1. The molecule has 112 valence electrons. The minimum absolute atomic E-state index is 0.00217. The first-order valence-corrected chi connectivity index (χ1v) is 7.95. The minimum atomic E-state index is -0.0691. The van der Waals surface area contributed by atoms with Crippen molar-refractivity contribution in [2.75, 3.05) is 6.79 Å². The average Bonchev–Trinajstić information content (AvgIpc) is 3.17. The third kappa shape index (κ3) is 3.20. The zero-order chi connectivity index (χ0) is 14.7. The summed E-state index contributed by atoms with van der Waals surface area (Å²) in [5, 5.41) is 2.05. The number of thiophene rings is 1. The summed E-state index contributed by atoms with van der Waals surface area (Å²) < 4.78 is 16.8. The second kappa shape index (κ2) is 6.47. The molecule has 1 aliphatic rings. The molecule has 0 aliphatic carbocycles. The van der Waals surface area contributed by atoms with Crippen LogP contribution in [-0.2, 0) is 11.3 Å². The molecule has 0 bridgehead atoms. The monoisotopic (exact) mass is 305 g/mol. The van der Waals surface area contributed by atoms with E-state index in [1.165, 1.54) is 4.88 Å². The van der Waals surface area contributed by atoms with E-state index in [4.69, 9.17) is 19.9 Å². The Kier molecular flexibility index (Phi) is 4.43. The van der Waals surface area contributed by atoms with Gasteiger partial charge in [0.05, 0.1) is 6.61 Å². The van der Waals surface area contributed by atoms with E-state index in [0.717, 1.165) is 23.5 Å². The number of benzene rings is 1. The Morgan fingerprint density at radius 1 is 1.29 bits per heavy atom. The second-order valence-corrected chi connectivity index (χ2v) is 5.99. The maximum Gasteiger partial charge on any atom is 0.231 e. The normalized spacial score (nSPS) is 15.9. The molecular formula is C16H19NO3S. The Hall–Kier alpha value is -1.56. The zero-order valence-electron chi connectivity index (χ0n) is 12.0. The van der Waals surface area contributed by atoms with Gasteiger partial charge in [0.2, 0.25) is 6.79 Å². The van der Waals surface area contributed by atoms with Gasteiger partial charge in [-0.05, 0) is 35.6 Å². The average molecular weight is 305 g/mol. The Morgan fingerprint density at radius 3 is 2.90 bits per heavy atom. The van der Waals surface area contributed by atoms with Gasteiger partial charge in [-0.25, -0.2) is 0 Å². The fourth-order valence-corrected chi connectivity index (χ4v) is 3.15. The van der Waals surface area contributed by atoms with Crippen molar-refractivity contribution in [1.82, 2.24) is 0 Å². The molecule has 2 N–H and O–H groups in total. The van der Waals surface area contributed by atoms with Crippen LogP contribution in [-0.4, -0.2) is 12.8 Å². The summed E-state index contributed by atoms with van der Waals surface area (Å²) in [6, 6.07) is 9.98. The van der Waals surface area contributed by atoms with Gasteiger partial charge in [-0.3, -0.25) is 0 Å². The summed E-state index contributed by atoms with van der Waals surface area (Å²) in [6.07, 6.45) is 0.810. The van der Waals surface area contributed by atoms with Gasteiger partial charge in [-0.1, -0.05) is 19.1 Å². The molecule has 0 spiro atoms. The molecule has 0 amide bonds.